The number of aliphatic hydroxyl groups is 4. The molecule has 0 bridgehead atoms. The van der Waals surface area contributed by atoms with Crippen molar-refractivity contribution < 1.29 is 44.3 Å². The van der Waals surface area contributed by atoms with Gasteiger partial charge in [-0.1, -0.05) is 0 Å². The van der Waals surface area contributed by atoms with E-state index < -0.39 is 57.6 Å². The number of carbonyl (C=O) groups excluding carboxylic acids is 4. The first-order valence-electron chi connectivity index (χ1n) is 6.92. The molecule has 0 aromatic heterocycles. The van der Waals surface area contributed by atoms with Gasteiger partial charge in [0.05, 0.1) is 0 Å². The summed E-state index contributed by atoms with van der Waals surface area (Å²) >= 11 is 3.81. The maximum atomic E-state index is 12.1. The summed E-state index contributed by atoms with van der Waals surface area (Å²) < 4.78 is 5.05. The van der Waals surface area contributed by atoms with Crippen molar-refractivity contribution in [3.05, 3.63) is 0 Å². The molecule has 136 valence electrons. The Morgan fingerprint density at radius 2 is 1.33 bits per heavy atom. The van der Waals surface area contributed by atoms with Crippen LogP contribution in [0.3, 0.4) is 0 Å². The van der Waals surface area contributed by atoms with Gasteiger partial charge >= 0.3 is 0 Å². The van der Waals surface area contributed by atoms with E-state index in [0.29, 0.717) is 0 Å². The highest BCUT2D eigenvalue weighted by Crippen LogP contribution is 2.48. The van der Waals surface area contributed by atoms with Gasteiger partial charge in [0.15, 0.2) is 34.3 Å². The third-order valence-electron chi connectivity index (χ3n) is 4.43. The summed E-state index contributed by atoms with van der Waals surface area (Å²) in [4.78, 5) is 47.6. The summed E-state index contributed by atoms with van der Waals surface area (Å²) in [7, 11) is 0. The lowest BCUT2D eigenvalue weighted by Gasteiger charge is -2.57. The van der Waals surface area contributed by atoms with Crippen LogP contribution in [0.4, 0.5) is 0 Å². The Balaban J connectivity index is 3.86. The fourth-order valence-corrected chi connectivity index (χ4v) is 3.45. The van der Waals surface area contributed by atoms with Crippen LogP contribution in [0.15, 0.2) is 0 Å². The molecular weight excluding hydrogens is 344 g/mol. The third kappa shape index (κ3) is 2.37. The number of carbonyl (C=O) groups is 4. The van der Waals surface area contributed by atoms with Gasteiger partial charge < -0.3 is 25.2 Å². The molecule has 6 atom stereocenters. The van der Waals surface area contributed by atoms with Crippen molar-refractivity contribution in [3.63, 3.8) is 0 Å². The van der Waals surface area contributed by atoms with Crippen LogP contribution in [-0.2, 0) is 23.9 Å². The summed E-state index contributed by atoms with van der Waals surface area (Å²) in [5.41, 5.74) is -11.7. The standard InChI is InChI=1S/C14H20O9S/c1-5(15)9(19)10-12(20,6(2)16)14(22,8(4)18)13(21,7(3)17)11(24)23-10/h9-11,19-22,24H,1-4H3/t9?,10-,11+,12-,13-,14+/m1/s1. The van der Waals surface area contributed by atoms with E-state index in [2.05, 4.69) is 12.6 Å². The van der Waals surface area contributed by atoms with Gasteiger partial charge in [-0.15, -0.1) is 12.6 Å². The van der Waals surface area contributed by atoms with Crippen LogP contribution in [-0.4, -0.2) is 78.0 Å². The van der Waals surface area contributed by atoms with Gasteiger partial charge in [-0.3, -0.25) is 19.2 Å². The predicted octanol–water partition coefficient (Wildman–Crippen LogP) is -2.45. The van der Waals surface area contributed by atoms with Gasteiger partial charge in [-0.25, -0.2) is 0 Å². The largest absolute Gasteiger partial charge is 0.382 e. The molecule has 1 aliphatic heterocycles. The van der Waals surface area contributed by atoms with Gasteiger partial charge in [0.1, 0.15) is 17.6 Å². The normalized spacial score (nSPS) is 40.7. The van der Waals surface area contributed by atoms with Crippen molar-refractivity contribution in [2.75, 3.05) is 0 Å². The monoisotopic (exact) mass is 364 g/mol. The Hall–Kier alpha value is -1.17. The fourth-order valence-electron chi connectivity index (χ4n) is 2.95. The van der Waals surface area contributed by atoms with Crippen molar-refractivity contribution in [1.82, 2.24) is 0 Å². The average molecular weight is 364 g/mol. The van der Waals surface area contributed by atoms with Crippen molar-refractivity contribution in [2.45, 2.75) is 62.1 Å². The molecule has 10 heteroatoms. The highest BCUT2D eigenvalue weighted by Gasteiger charge is 2.78. The minimum absolute atomic E-state index is 0.727. The Kier molecular flexibility index (Phi) is 5.46. The number of Topliss-reactive ketones (excluding diaryl/α,β-unsaturated/α-hetero) is 4. The predicted molar refractivity (Wildman–Crippen MR) is 81.2 cm³/mol. The van der Waals surface area contributed by atoms with Crippen LogP contribution < -0.4 is 0 Å². The third-order valence-corrected chi connectivity index (χ3v) is 4.93. The van der Waals surface area contributed by atoms with E-state index in [4.69, 9.17) is 4.74 Å². The van der Waals surface area contributed by atoms with E-state index in [0.717, 1.165) is 27.7 Å². The van der Waals surface area contributed by atoms with Crippen molar-refractivity contribution >= 4 is 35.8 Å². The molecule has 0 amide bonds. The Morgan fingerprint density at radius 3 is 1.62 bits per heavy atom. The first-order chi connectivity index (χ1) is 10.7. The summed E-state index contributed by atoms with van der Waals surface area (Å²) in [6.45, 7) is 3.19. The van der Waals surface area contributed by atoms with Crippen LogP contribution in [0, 0.1) is 0 Å². The molecule has 1 aliphatic rings. The zero-order valence-corrected chi connectivity index (χ0v) is 14.4. The van der Waals surface area contributed by atoms with E-state index in [1.807, 2.05) is 0 Å². The zero-order valence-electron chi connectivity index (χ0n) is 13.5. The van der Waals surface area contributed by atoms with E-state index in [9.17, 15) is 39.6 Å². The first kappa shape index (κ1) is 20.9. The molecule has 1 fully saturated rings. The highest BCUT2D eigenvalue weighted by atomic mass is 32.1. The van der Waals surface area contributed by atoms with Crippen LogP contribution in [0.25, 0.3) is 0 Å². The number of hydrogen-bond donors (Lipinski definition) is 5. The number of ether oxygens (including phenoxy) is 1. The van der Waals surface area contributed by atoms with Crippen LogP contribution >= 0.6 is 12.6 Å². The summed E-state index contributed by atoms with van der Waals surface area (Å²) in [6, 6.07) is 0. The summed E-state index contributed by atoms with van der Waals surface area (Å²) in [5, 5.41) is 42.3. The number of ketones is 4. The lowest BCUT2D eigenvalue weighted by atomic mass is 9.60. The smallest absolute Gasteiger partial charge is 0.200 e. The number of aliphatic hydroxyl groups excluding tert-OH is 1. The molecule has 0 aromatic rings. The van der Waals surface area contributed by atoms with Gasteiger partial charge in [-0.2, -0.15) is 0 Å². The summed E-state index contributed by atoms with van der Waals surface area (Å²) in [5.74, 6) is -4.80. The second-order valence-corrected chi connectivity index (χ2v) is 6.35. The lowest BCUT2D eigenvalue weighted by molar-refractivity contribution is -0.311. The SMILES string of the molecule is CC(=O)C(O)[C@H]1O[C@@H](S)[C@](O)(C(C)=O)[C@](O)(C(C)=O)[C@@]1(O)C(C)=O. The Labute approximate surface area is 143 Å². The van der Waals surface area contributed by atoms with E-state index in [-0.39, 0.29) is 0 Å². The molecule has 1 unspecified atom stereocenters. The van der Waals surface area contributed by atoms with Crippen LogP contribution in [0.1, 0.15) is 27.7 Å². The molecule has 4 N–H and O–H groups in total. The van der Waals surface area contributed by atoms with Gasteiger partial charge in [0, 0.05) is 0 Å². The van der Waals surface area contributed by atoms with E-state index >= 15 is 0 Å². The molecule has 24 heavy (non-hydrogen) atoms. The second kappa shape index (κ2) is 6.28. The average Bonchev–Trinajstić information content (AvgIpc) is 2.46. The van der Waals surface area contributed by atoms with E-state index in [1.54, 1.807) is 0 Å². The minimum Gasteiger partial charge on any atom is -0.382 e. The molecule has 0 radical (unpaired) electrons. The van der Waals surface area contributed by atoms with Crippen molar-refractivity contribution in [2.24, 2.45) is 0 Å². The molecule has 1 saturated heterocycles. The molecule has 1 rings (SSSR count). The molecule has 9 nitrogen and oxygen atoms in total. The van der Waals surface area contributed by atoms with Gasteiger partial charge in [-0.05, 0) is 27.7 Å². The van der Waals surface area contributed by atoms with Crippen LogP contribution in [0.5, 0.6) is 0 Å². The van der Waals surface area contributed by atoms with Crippen molar-refractivity contribution in [1.29, 1.82) is 0 Å². The quantitative estimate of drug-likeness (QED) is 0.334. The fraction of sp³-hybridized carbons (Fsp3) is 0.714. The molecular formula is C14H20O9S. The molecule has 0 aliphatic carbocycles. The van der Waals surface area contributed by atoms with Crippen LogP contribution in [0.2, 0.25) is 0 Å². The number of thiol groups is 1. The Bertz CT molecular complexity index is 605. The maximum Gasteiger partial charge on any atom is 0.200 e. The van der Waals surface area contributed by atoms with Gasteiger partial charge in [0.25, 0.3) is 0 Å². The molecule has 0 spiro atoms. The second-order valence-electron chi connectivity index (χ2n) is 5.88. The first-order valence-corrected chi connectivity index (χ1v) is 7.44. The number of hydrogen-bond acceptors (Lipinski definition) is 10. The van der Waals surface area contributed by atoms with Gasteiger partial charge in [0.2, 0.25) is 5.60 Å². The minimum atomic E-state index is -3.40. The molecule has 0 saturated carbocycles. The highest BCUT2D eigenvalue weighted by molar-refractivity contribution is 7.80. The van der Waals surface area contributed by atoms with Crippen molar-refractivity contribution in [3.8, 4) is 0 Å². The molecule has 0 aromatic carbocycles. The molecule has 1 heterocycles. The zero-order chi connectivity index (χ0) is 19.2. The number of rotatable bonds is 5. The lowest BCUT2D eigenvalue weighted by Crippen LogP contribution is -2.86. The van der Waals surface area contributed by atoms with E-state index in [1.165, 1.54) is 0 Å². The topological polar surface area (TPSA) is 158 Å². The maximum absolute atomic E-state index is 12.1. The Morgan fingerprint density at radius 1 is 0.917 bits per heavy atom. The summed E-state index contributed by atoms with van der Waals surface area (Å²) in [6.07, 6.45) is -4.26.